The molecular weight excluding hydrogens is 356 g/mol. The van der Waals surface area contributed by atoms with Crippen LogP contribution in [0.25, 0.3) is 0 Å². The van der Waals surface area contributed by atoms with Gasteiger partial charge in [-0.15, -0.1) is 0 Å². The third kappa shape index (κ3) is 4.57. The number of carbonyl (C=O) groups is 1. The molecule has 0 spiro atoms. The van der Waals surface area contributed by atoms with Crippen molar-refractivity contribution in [1.29, 1.82) is 0 Å². The number of carboxylic acid groups (broad SMARTS) is 1. The maximum atomic E-state index is 10.2. The number of hydrogen-bond acceptors (Lipinski definition) is 2. The van der Waals surface area contributed by atoms with Gasteiger partial charge in [0, 0.05) is 0 Å². The molecule has 0 saturated carbocycles. The first-order chi connectivity index (χ1) is 4.70. The van der Waals surface area contributed by atoms with Gasteiger partial charge in [0.2, 0.25) is 0 Å². The minimum atomic E-state index is -1.10. The largest absolute Gasteiger partial charge is 1.00 e. The second-order valence-corrected chi connectivity index (χ2v) is 5.16. The van der Waals surface area contributed by atoms with Crippen LogP contribution in [0.2, 0.25) is 0 Å². The van der Waals surface area contributed by atoms with Gasteiger partial charge in [-0.3, -0.25) is 0 Å². The van der Waals surface area contributed by atoms with Gasteiger partial charge in [0.15, 0.2) is 0 Å². The first-order valence-corrected chi connectivity index (χ1v) is 5.58. The molecule has 12 heavy (non-hydrogen) atoms. The van der Waals surface area contributed by atoms with Gasteiger partial charge < -0.3 is 5.48 Å². The van der Waals surface area contributed by atoms with Gasteiger partial charge in [-0.25, -0.2) is 0 Å². The molecule has 0 heterocycles. The average molecular weight is 362 g/mol. The fourth-order valence-corrected chi connectivity index (χ4v) is 1.56. The molecule has 0 atom stereocenters. The maximum Gasteiger partial charge on any atom is 1.00 e. The summed E-state index contributed by atoms with van der Waals surface area (Å²) in [6.07, 6.45) is 0. The first kappa shape index (κ1) is 15.1. The van der Waals surface area contributed by atoms with Crippen molar-refractivity contribution in [3.8, 4) is 0 Å². The van der Waals surface area contributed by atoms with Gasteiger partial charge in [0.1, 0.15) is 0 Å². The van der Waals surface area contributed by atoms with E-state index >= 15 is 0 Å². The van der Waals surface area contributed by atoms with Crippen molar-refractivity contribution in [2.45, 2.75) is 0 Å². The van der Waals surface area contributed by atoms with Crippen LogP contribution in [0.5, 0.6) is 0 Å². The fourth-order valence-electron chi connectivity index (χ4n) is 0.641. The van der Waals surface area contributed by atoms with Gasteiger partial charge in [0.05, 0.1) is 0 Å². The number of rotatable bonds is 1. The van der Waals surface area contributed by atoms with E-state index in [1.807, 2.05) is 12.1 Å². The van der Waals surface area contributed by atoms with E-state index in [0.717, 1.165) is 0 Å². The molecule has 0 amide bonds. The maximum absolute atomic E-state index is 10.2. The third-order valence-corrected chi connectivity index (χ3v) is 3.02. The Bertz CT molecular complexity index is 247. The van der Waals surface area contributed by atoms with E-state index in [4.69, 9.17) is 0 Å². The summed E-state index contributed by atoms with van der Waals surface area (Å²) >= 11 is 0.575. The molecule has 0 aliphatic carbocycles. The van der Waals surface area contributed by atoms with Crippen molar-refractivity contribution in [3.63, 3.8) is 0 Å². The van der Waals surface area contributed by atoms with Crippen molar-refractivity contribution in [3.05, 3.63) is 29.8 Å². The molecule has 0 aliphatic heterocycles. The summed E-state index contributed by atoms with van der Waals surface area (Å²) in [5, 5.41) is 10.2. The van der Waals surface area contributed by atoms with Crippen LogP contribution in [0.1, 0.15) is 10.4 Å². The molecule has 0 saturated heterocycles. The Morgan fingerprint density at radius 3 is 2.00 bits per heavy atom. The molecule has 2 N–H and O–H groups in total. The van der Waals surface area contributed by atoms with E-state index in [9.17, 15) is 9.90 Å². The van der Waals surface area contributed by atoms with Gasteiger partial charge in [0.25, 0.3) is 0 Å². The van der Waals surface area contributed by atoms with Crippen LogP contribution >= 0.6 is 0 Å². The zero-order valence-electron chi connectivity index (χ0n) is 6.83. The first-order valence-electron chi connectivity index (χ1n) is 2.83. The molecule has 0 unspecified atom stereocenters. The second kappa shape index (κ2) is 7.03. The zero-order chi connectivity index (χ0) is 7.56. The van der Waals surface area contributed by atoms with Crippen molar-refractivity contribution in [2.24, 2.45) is 0 Å². The Kier molecular flexibility index (Phi) is 8.84. The Morgan fingerprint density at radius 2 is 1.67 bits per heavy atom. The minimum Gasteiger partial charge on any atom is 1.00 e. The molecule has 0 fully saturated rings. The Balaban J connectivity index is 0. The van der Waals surface area contributed by atoms with Crippen LogP contribution in [0.3, 0.4) is 0 Å². The van der Waals surface area contributed by atoms with Crippen molar-refractivity contribution < 1.29 is 71.1 Å². The summed E-state index contributed by atoms with van der Waals surface area (Å²) in [4.78, 5) is 10.2. The van der Waals surface area contributed by atoms with Crippen molar-refractivity contribution in [2.75, 3.05) is 0 Å². The SMILES string of the molecule is O.O=C([O-])c1cc[c]([Hg])cc1.[Na+]. The summed E-state index contributed by atoms with van der Waals surface area (Å²) in [7, 11) is 0. The third-order valence-electron chi connectivity index (χ3n) is 1.19. The summed E-state index contributed by atoms with van der Waals surface area (Å²) in [6, 6.07) is 6.82. The van der Waals surface area contributed by atoms with Gasteiger partial charge in [-0.05, 0) is 0 Å². The molecule has 3 nitrogen and oxygen atoms in total. The summed E-state index contributed by atoms with van der Waals surface area (Å²) in [5.41, 5.74) is 0.259. The zero-order valence-corrected chi connectivity index (χ0v) is 14.3. The Morgan fingerprint density at radius 1 is 1.25 bits per heavy atom. The van der Waals surface area contributed by atoms with E-state index in [0.29, 0.717) is 26.1 Å². The van der Waals surface area contributed by atoms with E-state index in [1.54, 1.807) is 12.1 Å². The van der Waals surface area contributed by atoms with Crippen LogP contribution in [-0.4, -0.2) is 11.4 Å². The number of benzene rings is 1. The molecule has 1 aromatic carbocycles. The average Bonchev–Trinajstić information content (AvgIpc) is 1.88. The molecule has 1 rings (SSSR count). The monoisotopic (exact) mass is 363 g/mol. The van der Waals surface area contributed by atoms with Gasteiger partial charge in [-0.1, -0.05) is 0 Å². The minimum absolute atomic E-state index is 0. The van der Waals surface area contributed by atoms with Crippen LogP contribution in [0.4, 0.5) is 0 Å². The number of carbonyl (C=O) groups excluding carboxylic acids is 1. The summed E-state index contributed by atoms with van der Waals surface area (Å²) in [5.74, 6) is -1.10. The number of aromatic carboxylic acids is 1. The molecule has 5 heteroatoms. The van der Waals surface area contributed by atoms with Crippen molar-refractivity contribution >= 4 is 9.04 Å². The number of carboxylic acids is 1. The predicted molar refractivity (Wildman–Crippen MR) is 34.0 cm³/mol. The molecule has 55 valence electrons. The fraction of sp³-hybridized carbons (Fsp3) is 0. The molecule has 0 aromatic heterocycles. The van der Waals surface area contributed by atoms with E-state index in [-0.39, 0.29) is 40.6 Å². The summed E-state index contributed by atoms with van der Waals surface area (Å²) in [6.45, 7) is 0. The van der Waals surface area contributed by atoms with Crippen LogP contribution in [0.15, 0.2) is 24.3 Å². The predicted octanol–water partition coefficient (Wildman–Crippen LogP) is -4.60. The Hall–Kier alpha value is 0.585. The van der Waals surface area contributed by atoms with E-state index in [1.165, 1.54) is 3.07 Å². The summed E-state index contributed by atoms with van der Waals surface area (Å²) < 4.78 is 1.24. The van der Waals surface area contributed by atoms with E-state index in [2.05, 4.69) is 0 Å². The second-order valence-electron chi connectivity index (χ2n) is 1.98. The molecule has 0 bridgehead atoms. The van der Waals surface area contributed by atoms with Crippen LogP contribution < -0.4 is 37.7 Å². The molecule has 1 aromatic rings. The smallest absolute Gasteiger partial charge is 1.00 e. The normalized spacial score (nSPS) is 7.83. The molecular formula is C7H6HgNaO3. The van der Waals surface area contributed by atoms with Crippen LogP contribution in [-0.2, 0) is 26.1 Å². The molecule has 0 radical (unpaired) electrons. The molecule has 0 aliphatic rings. The standard InChI is InChI=1S/C7H5O2.Hg.Na.H2O/c8-7(9)6-4-2-1-3-5-6;;;/h2-5H,(H,8,9);;;1H2/q;;+1;/p-1. The topological polar surface area (TPSA) is 71.6 Å². The number of hydrogen-bond donors (Lipinski definition) is 0. The Labute approximate surface area is 109 Å². The van der Waals surface area contributed by atoms with Crippen molar-refractivity contribution in [1.82, 2.24) is 0 Å². The van der Waals surface area contributed by atoms with Crippen LogP contribution in [0, 0.1) is 0 Å². The van der Waals surface area contributed by atoms with Gasteiger partial charge >= 0.3 is 104 Å². The van der Waals surface area contributed by atoms with E-state index < -0.39 is 5.97 Å². The van der Waals surface area contributed by atoms with Gasteiger partial charge in [-0.2, -0.15) is 0 Å². The quantitative estimate of drug-likeness (QED) is 0.472.